The molecule has 0 saturated carbocycles. The van der Waals surface area contributed by atoms with Crippen molar-refractivity contribution in [3.8, 4) is 11.1 Å². The molecule has 4 aromatic rings. The summed E-state index contributed by atoms with van der Waals surface area (Å²) in [5.74, 6) is 0. The van der Waals surface area contributed by atoms with Crippen LogP contribution in [-0.2, 0) is 11.5 Å². The van der Waals surface area contributed by atoms with Crippen LogP contribution in [0.25, 0.3) is 27.8 Å². The highest BCUT2D eigenvalue weighted by atomic mass is 16.5. The lowest BCUT2D eigenvalue weighted by atomic mass is 9.94. The van der Waals surface area contributed by atoms with E-state index in [-0.39, 0.29) is 0 Å². The molecule has 0 amide bonds. The van der Waals surface area contributed by atoms with Crippen molar-refractivity contribution < 1.29 is 4.74 Å². The molecule has 3 heterocycles. The fourth-order valence-electron chi connectivity index (χ4n) is 4.08. The molecule has 0 aliphatic heterocycles. The summed E-state index contributed by atoms with van der Waals surface area (Å²) in [7, 11) is 1.70. The Hall–Kier alpha value is -2.66. The molecule has 3 aromatic heterocycles. The number of hydrogen-bond donors (Lipinski definition) is 0. The van der Waals surface area contributed by atoms with E-state index < -0.39 is 0 Å². The van der Waals surface area contributed by atoms with Gasteiger partial charge in [-0.3, -0.25) is 0 Å². The molecule has 1 aromatic carbocycles. The lowest BCUT2D eigenvalue weighted by Crippen LogP contribution is -2.04. The Morgan fingerprint density at radius 3 is 2.31 bits per heavy atom. The van der Waals surface area contributed by atoms with Crippen molar-refractivity contribution in [3.05, 3.63) is 52.5 Å². The SMILES string of the molecule is COCn1ccc2c(C)nc3c(-c4c(C)cc(C)cc4C)c(C)nn3c21. The first-order valence-corrected chi connectivity index (χ1v) is 8.84. The van der Waals surface area contributed by atoms with Crippen molar-refractivity contribution in [3.63, 3.8) is 0 Å². The second-order valence-corrected chi connectivity index (χ2v) is 7.11. The minimum atomic E-state index is 0.485. The van der Waals surface area contributed by atoms with Gasteiger partial charge in [-0.25, -0.2) is 4.98 Å². The van der Waals surface area contributed by atoms with Gasteiger partial charge in [0.25, 0.3) is 0 Å². The van der Waals surface area contributed by atoms with E-state index in [1.807, 2.05) is 10.7 Å². The standard InChI is InChI=1S/C21H24N4O/c1-12-9-13(2)18(14(3)10-12)19-16(5)23-25-20(19)22-15(4)17-7-8-24(11-26-6)21(17)25/h7-10H,11H2,1-6H3. The number of hydrogen-bond acceptors (Lipinski definition) is 3. The molecule has 0 N–H and O–H groups in total. The zero-order chi connectivity index (χ0) is 18.6. The summed E-state index contributed by atoms with van der Waals surface area (Å²) in [6.07, 6.45) is 2.03. The van der Waals surface area contributed by atoms with Crippen LogP contribution in [-0.4, -0.2) is 26.3 Å². The van der Waals surface area contributed by atoms with Crippen LogP contribution in [0.3, 0.4) is 0 Å². The number of methoxy groups -OCH3 is 1. The Morgan fingerprint density at radius 1 is 0.962 bits per heavy atom. The minimum Gasteiger partial charge on any atom is -0.364 e. The zero-order valence-corrected chi connectivity index (χ0v) is 16.2. The Kier molecular flexibility index (Phi) is 3.84. The van der Waals surface area contributed by atoms with Gasteiger partial charge in [0.1, 0.15) is 12.4 Å². The number of nitrogens with zero attached hydrogens (tertiary/aromatic N) is 4. The number of aromatic nitrogens is 4. The summed E-state index contributed by atoms with van der Waals surface area (Å²) in [4.78, 5) is 4.93. The van der Waals surface area contributed by atoms with E-state index in [2.05, 4.69) is 57.4 Å². The molecule has 26 heavy (non-hydrogen) atoms. The van der Waals surface area contributed by atoms with Crippen LogP contribution in [0, 0.1) is 34.6 Å². The molecule has 0 aliphatic rings. The lowest BCUT2D eigenvalue weighted by Gasteiger charge is -2.12. The molecule has 0 atom stereocenters. The molecule has 0 bridgehead atoms. The van der Waals surface area contributed by atoms with Crippen molar-refractivity contribution in [2.75, 3.05) is 7.11 Å². The van der Waals surface area contributed by atoms with E-state index in [9.17, 15) is 0 Å². The van der Waals surface area contributed by atoms with Crippen molar-refractivity contribution >= 4 is 16.7 Å². The number of rotatable bonds is 3. The number of benzene rings is 1. The highest BCUT2D eigenvalue weighted by Gasteiger charge is 2.20. The molecule has 5 nitrogen and oxygen atoms in total. The first-order chi connectivity index (χ1) is 12.4. The van der Waals surface area contributed by atoms with E-state index in [0.717, 1.165) is 33.6 Å². The van der Waals surface area contributed by atoms with Crippen LogP contribution in [0.2, 0.25) is 0 Å². The summed E-state index contributed by atoms with van der Waals surface area (Å²) >= 11 is 0. The molecule has 5 heteroatoms. The molecule has 0 saturated heterocycles. The third-order valence-electron chi connectivity index (χ3n) is 5.03. The third kappa shape index (κ3) is 2.35. The van der Waals surface area contributed by atoms with Gasteiger partial charge in [0.2, 0.25) is 0 Å². The fraction of sp³-hybridized carbons (Fsp3) is 0.333. The maximum Gasteiger partial charge on any atom is 0.165 e. The van der Waals surface area contributed by atoms with E-state index in [1.165, 1.54) is 22.3 Å². The van der Waals surface area contributed by atoms with Crippen LogP contribution < -0.4 is 0 Å². The third-order valence-corrected chi connectivity index (χ3v) is 5.03. The fourth-order valence-corrected chi connectivity index (χ4v) is 4.08. The monoisotopic (exact) mass is 348 g/mol. The molecule has 0 unspecified atom stereocenters. The second-order valence-electron chi connectivity index (χ2n) is 7.11. The van der Waals surface area contributed by atoms with Crippen molar-refractivity contribution in [2.24, 2.45) is 0 Å². The van der Waals surface area contributed by atoms with Gasteiger partial charge in [-0.05, 0) is 57.4 Å². The molecule has 0 spiro atoms. The van der Waals surface area contributed by atoms with E-state index in [0.29, 0.717) is 6.73 Å². The van der Waals surface area contributed by atoms with Crippen LogP contribution >= 0.6 is 0 Å². The van der Waals surface area contributed by atoms with Gasteiger partial charge in [-0.2, -0.15) is 9.61 Å². The molecule has 4 rings (SSSR count). The molecular formula is C21H24N4O. The predicted molar refractivity (Wildman–Crippen MR) is 105 cm³/mol. The summed E-state index contributed by atoms with van der Waals surface area (Å²) in [6, 6.07) is 6.53. The van der Waals surface area contributed by atoms with Gasteiger partial charge in [0.05, 0.1) is 17.0 Å². The van der Waals surface area contributed by atoms with E-state index >= 15 is 0 Å². The van der Waals surface area contributed by atoms with Crippen LogP contribution in [0.1, 0.15) is 28.1 Å². The maximum absolute atomic E-state index is 5.36. The van der Waals surface area contributed by atoms with Crippen molar-refractivity contribution in [1.82, 2.24) is 19.2 Å². The van der Waals surface area contributed by atoms with Crippen LogP contribution in [0.15, 0.2) is 24.4 Å². The lowest BCUT2D eigenvalue weighted by molar-refractivity contribution is 0.134. The van der Waals surface area contributed by atoms with Gasteiger partial charge < -0.3 is 9.30 Å². The smallest absolute Gasteiger partial charge is 0.165 e. The molecule has 134 valence electrons. The Balaban J connectivity index is 2.13. The van der Waals surface area contributed by atoms with Gasteiger partial charge in [-0.15, -0.1) is 0 Å². The topological polar surface area (TPSA) is 44.3 Å². The Labute approximate surface area is 153 Å². The van der Waals surface area contributed by atoms with Gasteiger partial charge in [-0.1, -0.05) is 17.7 Å². The van der Waals surface area contributed by atoms with Crippen LogP contribution in [0.4, 0.5) is 0 Å². The quantitative estimate of drug-likeness (QED) is 0.548. The molecule has 0 radical (unpaired) electrons. The van der Waals surface area contributed by atoms with E-state index in [1.54, 1.807) is 7.11 Å². The highest BCUT2D eigenvalue weighted by Crippen LogP contribution is 2.35. The Morgan fingerprint density at radius 2 is 1.65 bits per heavy atom. The summed E-state index contributed by atoms with van der Waals surface area (Å²) in [5, 5.41) is 5.95. The molecule has 0 aliphatic carbocycles. The first-order valence-electron chi connectivity index (χ1n) is 8.84. The molecular weight excluding hydrogens is 324 g/mol. The van der Waals surface area contributed by atoms with Gasteiger partial charge in [0, 0.05) is 18.7 Å². The zero-order valence-electron chi connectivity index (χ0n) is 16.2. The Bertz CT molecular complexity index is 1130. The minimum absolute atomic E-state index is 0.485. The van der Waals surface area contributed by atoms with Crippen LogP contribution in [0.5, 0.6) is 0 Å². The molecule has 0 fully saturated rings. The van der Waals surface area contributed by atoms with Gasteiger partial charge in [0.15, 0.2) is 5.65 Å². The number of ether oxygens (including phenoxy) is 1. The number of aryl methyl sites for hydroxylation is 5. The second kappa shape index (κ2) is 5.95. The highest BCUT2D eigenvalue weighted by molar-refractivity contribution is 5.89. The normalized spacial score (nSPS) is 11.8. The maximum atomic E-state index is 5.36. The number of fused-ring (bicyclic) bond motifs is 3. The predicted octanol–water partition coefficient (Wildman–Crippen LogP) is 4.50. The van der Waals surface area contributed by atoms with Crippen molar-refractivity contribution in [2.45, 2.75) is 41.3 Å². The average Bonchev–Trinajstić information content (AvgIpc) is 3.10. The van der Waals surface area contributed by atoms with E-state index in [4.69, 9.17) is 14.8 Å². The summed E-state index contributed by atoms with van der Waals surface area (Å²) < 4.78 is 9.39. The summed E-state index contributed by atoms with van der Waals surface area (Å²) in [6.45, 7) is 11.1. The van der Waals surface area contributed by atoms with Crippen molar-refractivity contribution in [1.29, 1.82) is 0 Å². The largest absolute Gasteiger partial charge is 0.364 e. The van der Waals surface area contributed by atoms with Gasteiger partial charge >= 0.3 is 0 Å². The summed E-state index contributed by atoms with van der Waals surface area (Å²) in [5.41, 5.74) is 10.1. The average molecular weight is 348 g/mol. The first kappa shape index (κ1) is 16.8.